The molecule has 1 N–H and O–H groups in total. The van der Waals surface area contributed by atoms with Gasteiger partial charge in [-0.2, -0.15) is 33.4 Å². The fourth-order valence-corrected chi connectivity index (χ4v) is 4.20. The highest BCUT2D eigenvalue weighted by atomic mass is 32.2. The van der Waals surface area contributed by atoms with Crippen LogP contribution in [-0.2, 0) is 14.3 Å². The number of fused-ring (bicyclic) bond motifs is 2. The molecule has 0 spiro atoms. The van der Waals surface area contributed by atoms with Crippen LogP contribution < -0.4 is 0 Å². The molecule has 1 saturated heterocycles. The van der Waals surface area contributed by atoms with Gasteiger partial charge in [-0.15, -0.1) is 0 Å². The van der Waals surface area contributed by atoms with Crippen molar-refractivity contribution in [3.63, 3.8) is 0 Å². The van der Waals surface area contributed by atoms with E-state index >= 15 is 0 Å². The van der Waals surface area contributed by atoms with E-state index in [1.54, 1.807) is 0 Å². The van der Waals surface area contributed by atoms with Crippen molar-refractivity contribution in [2.45, 2.75) is 23.7 Å². The zero-order valence-electron chi connectivity index (χ0n) is 9.83. The maximum absolute atomic E-state index is 12.4. The van der Waals surface area contributed by atoms with Crippen LogP contribution in [0.1, 0.15) is 6.42 Å². The number of nitrogens with zero attached hydrogens (tertiary/aromatic N) is 1. The lowest BCUT2D eigenvalue weighted by molar-refractivity contribution is -0.0980. The standard InChI is InChI=1S/C9H10F3NO5S2/c10-9(11,12)20(16,17)18-8-3-1-2-6(4-19-5-8)13(8)7(14)15/h1-2,6H,3-5H2,(H,14,15). The van der Waals surface area contributed by atoms with E-state index in [2.05, 4.69) is 4.18 Å². The fourth-order valence-electron chi connectivity index (χ4n) is 2.16. The van der Waals surface area contributed by atoms with Crippen LogP contribution in [0.3, 0.4) is 0 Å². The van der Waals surface area contributed by atoms with Gasteiger partial charge in [-0.25, -0.2) is 8.98 Å². The molecule has 2 rings (SSSR count). The van der Waals surface area contributed by atoms with Crippen molar-refractivity contribution in [1.29, 1.82) is 0 Å². The lowest BCUT2D eigenvalue weighted by Gasteiger charge is -2.49. The summed E-state index contributed by atoms with van der Waals surface area (Å²) in [6, 6.07) is -0.705. The van der Waals surface area contributed by atoms with Crippen LogP contribution >= 0.6 is 11.8 Å². The fraction of sp³-hybridized carbons (Fsp3) is 0.667. The van der Waals surface area contributed by atoms with Gasteiger partial charge in [0.1, 0.15) is 0 Å². The first-order valence-corrected chi connectivity index (χ1v) is 7.94. The van der Waals surface area contributed by atoms with Gasteiger partial charge in [0, 0.05) is 17.9 Å². The number of hydrogen-bond donors (Lipinski definition) is 1. The molecular weight excluding hydrogens is 323 g/mol. The Hall–Kier alpha value is -0.940. The maximum Gasteiger partial charge on any atom is 0.523 e. The zero-order valence-corrected chi connectivity index (χ0v) is 11.5. The summed E-state index contributed by atoms with van der Waals surface area (Å²) in [6.45, 7) is 0. The molecule has 2 heterocycles. The third-order valence-corrected chi connectivity index (χ3v) is 5.27. The quantitative estimate of drug-likeness (QED) is 0.469. The van der Waals surface area contributed by atoms with E-state index in [-0.39, 0.29) is 12.2 Å². The number of rotatable bonds is 2. The Labute approximate surface area is 116 Å². The summed E-state index contributed by atoms with van der Waals surface area (Å²) in [6.07, 6.45) is 1.19. The van der Waals surface area contributed by atoms with Crippen molar-refractivity contribution in [2.24, 2.45) is 0 Å². The molecule has 1 fully saturated rings. The van der Waals surface area contributed by atoms with Crippen molar-refractivity contribution in [2.75, 3.05) is 11.5 Å². The summed E-state index contributed by atoms with van der Waals surface area (Å²) in [5.74, 6) is 0.148. The Kier molecular flexibility index (Phi) is 3.71. The van der Waals surface area contributed by atoms with E-state index in [9.17, 15) is 26.4 Å². The summed E-state index contributed by atoms with van der Waals surface area (Å²) in [5.41, 5.74) is -7.63. The lowest BCUT2D eigenvalue weighted by Crippen LogP contribution is -2.64. The highest BCUT2D eigenvalue weighted by molar-refractivity contribution is 7.99. The minimum absolute atomic E-state index is 0.185. The molecule has 0 aromatic carbocycles. The van der Waals surface area contributed by atoms with Crippen molar-refractivity contribution in [3.8, 4) is 0 Å². The average Bonchev–Trinajstić information content (AvgIpc) is 2.24. The van der Waals surface area contributed by atoms with Crippen LogP contribution in [0.25, 0.3) is 0 Å². The molecule has 0 aromatic heterocycles. The van der Waals surface area contributed by atoms with Gasteiger partial charge in [-0.05, 0) is 0 Å². The maximum atomic E-state index is 12.4. The molecule has 20 heavy (non-hydrogen) atoms. The summed E-state index contributed by atoms with van der Waals surface area (Å²) < 4.78 is 64.0. The van der Waals surface area contributed by atoms with Crippen LogP contribution in [-0.4, -0.2) is 53.3 Å². The van der Waals surface area contributed by atoms with Gasteiger partial charge in [0.25, 0.3) is 0 Å². The Balaban J connectivity index is 2.41. The number of halogens is 3. The molecule has 2 unspecified atom stereocenters. The van der Waals surface area contributed by atoms with Crippen LogP contribution in [0.2, 0.25) is 0 Å². The van der Waals surface area contributed by atoms with Crippen molar-refractivity contribution < 1.29 is 35.7 Å². The smallest absolute Gasteiger partial charge is 0.465 e. The van der Waals surface area contributed by atoms with E-state index in [1.807, 2.05) is 0 Å². The van der Waals surface area contributed by atoms with E-state index < -0.39 is 33.5 Å². The van der Waals surface area contributed by atoms with Crippen LogP contribution in [0, 0.1) is 0 Å². The molecule has 6 nitrogen and oxygen atoms in total. The molecular formula is C9H10F3NO5S2. The molecule has 114 valence electrons. The van der Waals surface area contributed by atoms with Gasteiger partial charge in [-0.1, -0.05) is 12.2 Å². The SMILES string of the molecule is O=C(O)N1C2C=CCC1(OS(=O)(=O)C(F)(F)F)CSC2. The number of thioether (sulfide) groups is 1. The first-order chi connectivity index (χ1) is 9.09. The molecule has 2 bridgehead atoms. The number of hydrogen-bond acceptors (Lipinski definition) is 5. The Morgan fingerprint density at radius 1 is 1.50 bits per heavy atom. The second-order valence-electron chi connectivity index (χ2n) is 4.30. The van der Waals surface area contributed by atoms with E-state index in [4.69, 9.17) is 5.11 Å². The Morgan fingerprint density at radius 2 is 2.15 bits per heavy atom. The highest BCUT2D eigenvalue weighted by Gasteiger charge is 2.57. The topological polar surface area (TPSA) is 83.9 Å². The molecule has 2 aliphatic rings. The monoisotopic (exact) mass is 333 g/mol. The third-order valence-electron chi connectivity index (χ3n) is 2.94. The number of amides is 1. The van der Waals surface area contributed by atoms with E-state index in [0.29, 0.717) is 10.7 Å². The Bertz CT molecular complexity index is 546. The second-order valence-corrected chi connectivity index (χ2v) is 6.86. The predicted octanol–water partition coefficient (Wildman–Crippen LogP) is 1.60. The van der Waals surface area contributed by atoms with Crippen LogP contribution in [0.4, 0.5) is 18.0 Å². The van der Waals surface area contributed by atoms with Crippen molar-refractivity contribution >= 4 is 28.0 Å². The van der Waals surface area contributed by atoms with E-state index in [0.717, 1.165) is 11.8 Å². The molecule has 0 radical (unpaired) electrons. The largest absolute Gasteiger partial charge is 0.523 e. The van der Waals surface area contributed by atoms with Gasteiger partial charge in [0.05, 0.1) is 6.04 Å². The number of carbonyl (C=O) groups is 1. The van der Waals surface area contributed by atoms with Crippen molar-refractivity contribution in [1.82, 2.24) is 4.90 Å². The van der Waals surface area contributed by atoms with Gasteiger partial charge in [-0.3, -0.25) is 4.90 Å². The van der Waals surface area contributed by atoms with Gasteiger partial charge >= 0.3 is 21.7 Å². The third kappa shape index (κ3) is 2.49. The first kappa shape index (κ1) is 15.4. The van der Waals surface area contributed by atoms with Gasteiger partial charge in [0.2, 0.25) is 0 Å². The van der Waals surface area contributed by atoms with Crippen LogP contribution in [0.5, 0.6) is 0 Å². The number of carboxylic acid groups (broad SMARTS) is 1. The van der Waals surface area contributed by atoms with E-state index in [1.165, 1.54) is 12.2 Å². The summed E-state index contributed by atoms with van der Waals surface area (Å²) >= 11 is 1.15. The molecule has 0 aromatic rings. The predicted molar refractivity (Wildman–Crippen MR) is 63.5 cm³/mol. The minimum atomic E-state index is -5.88. The molecule has 2 aliphatic heterocycles. The first-order valence-electron chi connectivity index (χ1n) is 5.38. The number of alkyl halides is 3. The average molecular weight is 333 g/mol. The summed E-state index contributed by atoms with van der Waals surface area (Å²) in [5, 5.41) is 9.14. The molecule has 0 aliphatic carbocycles. The van der Waals surface area contributed by atoms with Gasteiger partial charge < -0.3 is 5.11 Å². The molecule has 11 heteroatoms. The van der Waals surface area contributed by atoms with Crippen LogP contribution in [0.15, 0.2) is 12.2 Å². The lowest BCUT2D eigenvalue weighted by atomic mass is 10.0. The second kappa shape index (κ2) is 4.81. The normalized spacial score (nSPS) is 30.4. The Morgan fingerprint density at radius 3 is 2.70 bits per heavy atom. The zero-order chi connectivity index (χ0) is 15.2. The molecule has 0 saturated carbocycles. The molecule has 2 atom stereocenters. The summed E-state index contributed by atoms with van der Waals surface area (Å²) in [4.78, 5) is 11.9. The minimum Gasteiger partial charge on any atom is -0.465 e. The van der Waals surface area contributed by atoms with Crippen molar-refractivity contribution in [3.05, 3.63) is 12.2 Å². The summed E-state index contributed by atoms with van der Waals surface area (Å²) in [7, 11) is -5.88. The highest BCUT2D eigenvalue weighted by Crippen LogP contribution is 2.41. The van der Waals surface area contributed by atoms with Gasteiger partial charge in [0.15, 0.2) is 5.72 Å². The molecule has 1 amide bonds.